The fourth-order valence-corrected chi connectivity index (χ4v) is 12.1. The predicted molar refractivity (Wildman–Crippen MR) is 170 cm³/mol. The van der Waals surface area contributed by atoms with Crippen molar-refractivity contribution < 1.29 is 53.1 Å². The third-order valence-corrected chi connectivity index (χ3v) is 14.6. The first-order valence-electron chi connectivity index (χ1n) is 17.4. The van der Waals surface area contributed by atoms with E-state index in [2.05, 4.69) is 6.92 Å². The Kier molecular flexibility index (Phi) is 6.67. The van der Waals surface area contributed by atoms with E-state index in [1.54, 1.807) is 19.9 Å². The highest BCUT2D eigenvalue weighted by Gasteiger charge is 2.84. The molecule has 0 bridgehead atoms. The van der Waals surface area contributed by atoms with Gasteiger partial charge in [0.2, 0.25) is 0 Å². The first-order chi connectivity index (χ1) is 23.0. The highest BCUT2D eigenvalue weighted by Crippen LogP contribution is 2.83. The second-order valence-corrected chi connectivity index (χ2v) is 16.2. The lowest BCUT2D eigenvalue weighted by molar-refractivity contribution is -0.191. The summed E-state index contributed by atoms with van der Waals surface area (Å²) in [4.78, 5) is 66.8. The van der Waals surface area contributed by atoms with Crippen molar-refractivity contribution in [2.75, 3.05) is 20.3 Å². The van der Waals surface area contributed by atoms with Gasteiger partial charge in [0.05, 0.1) is 18.6 Å². The van der Waals surface area contributed by atoms with Gasteiger partial charge in [-0.15, -0.1) is 0 Å². The molecule has 7 aliphatic carbocycles. The molecular formula is C38H44O11. The first-order valence-corrected chi connectivity index (χ1v) is 17.4. The fraction of sp³-hybridized carbons (Fsp3) is 0.658. The van der Waals surface area contributed by atoms with Gasteiger partial charge in [0, 0.05) is 40.9 Å². The van der Waals surface area contributed by atoms with Crippen molar-refractivity contribution in [3.8, 4) is 0 Å². The number of ether oxygens (including phenoxy) is 4. The number of hydrogen-bond acceptors (Lipinski definition) is 11. The molecule has 1 unspecified atom stereocenters. The lowest BCUT2D eigenvalue weighted by Crippen LogP contribution is -2.67. The maximum absolute atomic E-state index is 14.5. The normalized spacial score (nSPS) is 46.1. The van der Waals surface area contributed by atoms with Gasteiger partial charge in [0.1, 0.15) is 30.5 Å². The summed E-state index contributed by atoms with van der Waals surface area (Å²) in [5.74, 6) is -4.77. The number of aliphatic hydroxyl groups excluding tert-OH is 1. The molecular weight excluding hydrogens is 632 g/mol. The average Bonchev–Trinajstić information content (AvgIpc) is 3.98. The molecule has 11 nitrogen and oxygen atoms in total. The molecule has 49 heavy (non-hydrogen) atoms. The molecule has 2 N–H and O–H groups in total. The standard InChI is InChI=1S/C38H44O11/c1-8-15(2)32(42)48-14-37(45)24-11-23(24)35(5)25(37)12-22-20(13-47-17(4)39)34(44)49-38(22)26(35)10-19-18-9-21(18)36(6)28(19)29(38)27(30(40)31(36)41)16(3)33(43)46-7/h8,18,21,23-26,29,31,41,45H,9-14H2,1-7H3/b15-8+,27-16-/t18-,21-,23-,24+,25?,26+,29+,31+,35+,36+,37+,38+/m1/s1. The van der Waals surface area contributed by atoms with Crippen LogP contribution in [-0.4, -0.2) is 77.5 Å². The summed E-state index contributed by atoms with van der Waals surface area (Å²) in [5, 5.41) is 24.4. The Morgan fingerprint density at radius 3 is 2.35 bits per heavy atom. The summed E-state index contributed by atoms with van der Waals surface area (Å²) < 4.78 is 23.0. The van der Waals surface area contributed by atoms with Crippen LogP contribution in [0.15, 0.2) is 45.1 Å². The van der Waals surface area contributed by atoms with Crippen LogP contribution in [0.25, 0.3) is 0 Å². The molecule has 0 radical (unpaired) electrons. The van der Waals surface area contributed by atoms with Crippen molar-refractivity contribution in [3.05, 3.63) is 45.1 Å². The molecule has 0 saturated heterocycles. The van der Waals surface area contributed by atoms with Gasteiger partial charge in [-0.1, -0.05) is 25.5 Å². The summed E-state index contributed by atoms with van der Waals surface area (Å²) >= 11 is 0. The van der Waals surface area contributed by atoms with Crippen molar-refractivity contribution in [2.24, 2.45) is 52.3 Å². The Balaban J connectivity index is 1.37. The number of esters is 4. The monoisotopic (exact) mass is 676 g/mol. The number of allylic oxidation sites excluding steroid dienone is 2. The average molecular weight is 677 g/mol. The van der Waals surface area contributed by atoms with Crippen LogP contribution in [0, 0.1) is 52.3 Å². The Morgan fingerprint density at radius 2 is 1.69 bits per heavy atom. The third kappa shape index (κ3) is 3.73. The third-order valence-electron chi connectivity index (χ3n) is 14.6. The zero-order valence-corrected chi connectivity index (χ0v) is 29.0. The van der Waals surface area contributed by atoms with Gasteiger partial charge in [-0.05, 0) is 86.7 Å². The summed E-state index contributed by atoms with van der Waals surface area (Å²) in [6.45, 7) is 9.67. The van der Waals surface area contributed by atoms with Gasteiger partial charge in [0.25, 0.3) is 0 Å². The second-order valence-electron chi connectivity index (χ2n) is 16.2. The predicted octanol–water partition coefficient (Wildman–Crippen LogP) is 3.08. The molecule has 0 aromatic rings. The van der Waals surface area contributed by atoms with Gasteiger partial charge < -0.3 is 29.2 Å². The molecule has 8 rings (SSSR count). The van der Waals surface area contributed by atoms with Crippen molar-refractivity contribution in [3.63, 3.8) is 0 Å². The second kappa shape index (κ2) is 10.0. The number of carbonyl (C=O) groups excluding carboxylic acids is 5. The van der Waals surface area contributed by atoms with Crippen molar-refractivity contribution in [2.45, 2.75) is 84.5 Å². The minimum Gasteiger partial charge on any atom is -0.466 e. The van der Waals surface area contributed by atoms with Crippen molar-refractivity contribution >= 4 is 29.7 Å². The zero-order valence-electron chi connectivity index (χ0n) is 29.0. The van der Waals surface area contributed by atoms with E-state index in [0.29, 0.717) is 24.0 Å². The zero-order chi connectivity index (χ0) is 35.3. The Bertz CT molecular complexity index is 1800. The van der Waals surface area contributed by atoms with Crippen LogP contribution in [0.3, 0.4) is 0 Å². The number of fused-ring (bicyclic) bond motifs is 7. The minimum absolute atomic E-state index is 0.0209. The molecule has 1 spiro atoms. The smallest absolute Gasteiger partial charge is 0.338 e. The van der Waals surface area contributed by atoms with Crippen LogP contribution in [-0.2, 0) is 42.9 Å². The van der Waals surface area contributed by atoms with E-state index in [0.717, 1.165) is 17.6 Å². The fourth-order valence-electron chi connectivity index (χ4n) is 12.1. The number of aliphatic hydroxyl groups is 2. The minimum atomic E-state index is -1.44. The molecule has 1 aliphatic heterocycles. The molecule has 8 aliphatic rings. The largest absolute Gasteiger partial charge is 0.466 e. The number of rotatable bonds is 6. The van der Waals surface area contributed by atoms with Gasteiger partial charge in [0.15, 0.2) is 5.78 Å². The van der Waals surface area contributed by atoms with Gasteiger partial charge >= 0.3 is 23.9 Å². The van der Waals surface area contributed by atoms with Crippen molar-refractivity contribution in [1.29, 1.82) is 0 Å². The van der Waals surface area contributed by atoms with E-state index in [-0.39, 0.29) is 60.0 Å². The highest BCUT2D eigenvalue weighted by atomic mass is 16.6. The molecule has 0 aromatic heterocycles. The van der Waals surface area contributed by atoms with Crippen molar-refractivity contribution in [1.82, 2.24) is 0 Å². The SMILES string of the molecule is C/C=C(\C)C(=O)OC[C@@]1(O)C2CC3=C(COC(C)=O)C(=O)O[C@@]34[C@@H]3C5=C(C[C@H]4[C@@]2(C)[C@@H]2C[C@@H]21)[C@H]1C[C@H]1[C@]5(C)[C@@H](O)C(=O)/C3=C(/C)C(=O)OC. The number of carbonyl (C=O) groups is 5. The summed E-state index contributed by atoms with van der Waals surface area (Å²) in [7, 11) is 1.24. The Morgan fingerprint density at radius 1 is 0.980 bits per heavy atom. The number of Topliss-reactive ketones (excluding diaryl/α,β-unsaturated/α-hetero) is 1. The van der Waals surface area contributed by atoms with E-state index in [4.69, 9.17) is 18.9 Å². The van der Waals surface area contributed by atoms with Gasteiger partial charge in [-0.2, -0.15) is 0 Å². The molecule has 0 aromatic carbocycles. The topological polar surface area (TPSA) is 163 Å². The Labute approximate surface area is 284 Å². The number of hydrogen-bond donors (Lipinski definition) is 2. The number of methoxy groups -OCH3 is 1. The highest BCUT2D eigenvalue weighted by molar-refractivity contribution is 6.09. The molecule has 0 amide bonds. The summed E-state index contributed by atoms with van der Waals surface area (Å²) in [5.41, 5.74) is -1.10. The van der Waals surface area contributed by atoms with Crippen LogP contribution in [0.2, 0.25) is 0 Å². The van der Waals surface area contributed by atoms with Crippen LogP contribution in [0.5, 0.6) is 0 Å². The van der Waals surface area contributed by atoms with Gasteiger partial charge in [-0.25, -0.2) is 14.4 Å². The van der Waals surface area contributed by atoms with E-state index >= 15 is 0 Å². The summed E-state index contributed by atoms with van der Waals surface area (Å²) in [6, 6.07) is 0. The quantitative estimate of drug-likeness (QED) is 0.184. The molecule has 11 heteroatoms. The van der Waals surface area contributed by atoms with Crippen LogP contribution < -0.4 is 0 Å². The van der Waals surface area contributed by atoms with E-state index in [9.17, 15) is 34.2 Å². The maximum Gasteiger partial charge on any atom is 0.338 e. The van der Waals surface area contributed by atoms with E-state index in [1.165, 1.54) is 21.0 Å². The van der Waals surface area contributed by atoms with E-state index in [1.807, 2.05) is 6.92 Å². The molecule has 12 atom stereocenters. The number of ketones is 1. The van der Waals surface area contributed by atoms with Gasteiger partial charge in [-0.3, -0.25) is 9.59 Å². The van der Waals surface area contributed by atoms with Crippen LogP contribution in [0.4, 0.5) is 0 Å². The first kappa shape index (κ1) is 32.6. The molecule has 262 valence electrons. The molecule has 5 fully saturated rings. The van der Waals surface area contributed by atoms with Crippen LogP contribution >= 0.6 is 0 Å². The molecule has 1 heterocycles. The lowest BCUT2D eigenvalue weighted by atomic mass is 9.42. The van der Waals surface area contributed by atoms with E-state index < -0.39 is 75.6 Å². The lowest BCUT2D eigenvalue weighted by Gasteiger charge is -2.63. The Hall–Kier alpha value is -3.57. The summed E-state index contributed by atoms with van der Waals surface area (Å²) in [6.07, 6.45) is 2.50. The van der Waals surface area contributed by atoms with Crippen LogP contribution in [0.1, 0.15) is 67.2 Å². The maximum atomic E-state index is 14.5. The molecule has 5 saturated carbocycles.